The van der Waals surface area contributed by atoms with Crippen LogP contribution >= 0.6 is 34.7 Å². The van der Waals surface area contributed by atoms with E-state index in [0.29, 0.717) is 18.1 Å². The third-order valence-corrected chi connectivity index (χ3v) is 8.26. The topological polar surface area (TPSA) is 102 Å². The molecule has 7 nitrogen and oxygen atoms in total. The van der Waals surface area contributed by atoms with Crippen LogP contribution in [0.3, 0.4) is 0 Å². The first-order valence-electron chi connectivity index (χ1n) is 9.76. The highest BCUT2D eigenvalue weighted by molar-refractivity contribution is 8.03. The summed E-state index contributed by atoms with van der Waals surface area (Å²) in [7, 11) is -4.30. The zero-order valence-corrected chi connectivity index (χ0v) is 20.2. The van der Waals surface area contributed by atoms with Crippen LogP contribution in [0.1, 0.15) is 28.7 Å². The molecule has 0 bridgehead atoms. The largest absolute Gasteiger partial charge is 0.748 e. The number of hydrogen-bond acceptors (Lipinski definition) is 7. The maximum absolute atomic E-state index is 11.4. The number of anilines is 1. The molecular weight excluding hydrogens is 492 g/mol. The molecule has 0 amide bonds. The Morgan fingerprint density at radius 3 is 2.75 bits per heavy atom. The molecule has 2 heterocycles. The van der Waals surface area contributed by atoms with E-state index < -0.39 is 21.8 Å². The van der Waals surface area contributed by atoms with Crippen molar-refractivity contribution in [2.75, 3.05) is 17.2 Å². The molecule has 0 saturated carbocycles. The van der Waals surface area contributed by atoms with Gasteiger partial charge in [-0.1, -0.05) is 34.7 Å². The van der Waals surface area contributed by atoms with Gasteiger partial charge in [-0.05, 0) is 37.3 Å². The number of nitrogens with zero attached hydrogens (tertiary/aromatic N) is 2. The van der Waals surface area contributed by atoms with Gasteiger partial charge in [0, 0.05) is 34.7 Å². The molecule has 11 heteroatoms. The van der Waals surface area contributed by atoms with Crippen molar-refractivity contribution in [3.05, 3.63) is 57.0 Å². The summed E-state index contributed by atoms with van der Waals surface area (Å²) >= 11 is 9.29. The number of aryl methyl sites for hydroxylation is 1. The lowest BCUT2D eigenvalue weighted by molar-refractivity contribution is -0.668. The Balaban J connectivity index is 1.75. The molecule has 0 unspecified atom stereocenters. The first kappa shape index (κ1) is 23.1. The number of thiazole rings is 1. The smallest absolute Gasteiger partial charge is 0.335 e. The zero-order chi connectivity index (χ0) is 23.0. The number of rotatable bonds is 7. The normalized spacial score (nSPS) is 15.0. The number of halogens is 1. The van der Waals surface area contributed by atoms with Gasteiger partial charge in [0.1, 0.15) is 4.70 Å². The zero-order valence-electron chi connectivity index (χ0n) is 16.9. The van der Waals surface area contributed by atoms with Crippen molar-refractivity contribution >= 4 is 72.8 Å². The van der Waals surface area contributed by atoms with Crippen LogP contribution in [0.2, 0.25) is 5.02 Å². The van der Waals surface area contributed by atoms with Gasteiger partial charge >= 0.3 is 5.97 Å². The number of hydrogen-bond donors (Lipinski definition) is 1. The Kier molecular flexibility index (Phi) is 6.51. The van der Waals surface area contributed by atoms with Gasteiger partial charge in [0.2, 0.25) is 5.52 Å². The third-order valence-electron chi connectivity index (χ3n) is 5.01. The second-order valence-electron chi connectivity index (χ2n) is 7.14. The molecule has 32 heavy (non-hydrogen) atoms. The summed E-state index contributed by atoms with van der Waals surface area (Å²) in [6.07, 6.45) is 2.21. The Bertz CT molecular complexity index is 1350. The number of benzene rings is 2. The van der Waals surface area contributed by atoms with Crippen LogP contribution < -0.4 is 9.47 Å². The monoisotopic (exact) mass is 510 g/mol. The van der Waals surface area contributed by atoms with Crippen molar-refractivity contribution in [1.29, 1.82) is 0 Å². The van der Waals surface area contributed by atoms with Crippen LogP contribution in [0.5, 0.6) is 0 Å². The van der Waals surface area contributed by atoms with E-state index in [-0.39, 0.29) is 12.0 Å². The van der Waals surface area contributed by atoms with Crippen LogP contribution in [-0.2, 0) is 16.7 Å². The van der Waals surface area contributed by atoms with Crippen LogP contribution in [0.15, 0.2) is 46.3 Å². The van der Waals surface area contributed by atoms with Crippen LogP contribution in [0.4, 0.5) is 5.69 Å². The van der Waals surface area contributed by atoms with Gasteiger partial charge < -0.3 is 14.6 Å². The fraction of sp³-hybridized carbons (Fsp3) is 0.238. The number of aromatic carboxylic acids is 1. The van der Waals surface area contributed by atoms with Crippen molar-refractivity contribution in [2.45, 2.75) is 24.8 Å². The lowest BCUT2D eigenvalue weighted by Gasteiger charge is -2.17. The van der Waals surface area contributed by atoms with Crippen molar-refractivity contribution in [1.82, 2.24) is 0 Å². The molecule has 4 rings (SSSR count). The van der Waals surface area contributed by atoms with E-state index in [2.05, 4.69) is 4.90 Å². The Labute approximate surface area is 198 Å². The summed E-state index contributed by atoms with van der Waals surface area (Å²) in [5.74, 6) is -1.41. The van der Waals surface area contributed by atoms with Gasteiger partial charge in [-0.25, -0.2) is 13.2 Å². The average Bonchev–Trinajstić information content (AvgIpc) is 3.23. The number of carboxylic acid groups (broad SMARTS) is 1. The minimum atomic E-state index is -4.30. The molecule has 3 aromatic rings. The summed E-state index contributed by atoms with van der Waals surface area (Å²) in [5, 5.41) is 11.7. The van der Waals surface area contributed by atoms with E-state index in [4.69, 9.17) is 11.6 Å². The lowest BCUT2D eigenvalue weighted by Crippen LogP contribution is -2.36. The standard InChI is InChI=1S/C21H19ClN2O5S3/c1-2-23-15-10-13(21(25)26)4-6-17(15)30-19(23)12-20-24(8-3-9-32(27,28)29)16-11-14(22)5-7-18(16)31-20/h4-7,10-12H,2-3,8-9H2,1H3,(H-,25,26,27,28,29). The van der Waals surface area contributed by atoms with Gasteiger partial charge in [-0.2, -0.15) is 4.57 Å². The quantitative estimate of drug-likeness (QED) is 0.371. The summed E-state index contributed by atoms with van der Waals surface area (Å²) in [6.45, 7) is 3.00. The van der Waals surface area contributed by atoms with Crippen LogP contribution in [0.25, 0.3) is 16.3 Å². The molecule has 0 atom stereocenters. The van der Waals surface area contributed by atoms with Gasteiger partial charge in [0.05, 0.1) is 32.5 Å². The molecule has 0 fully saturated rings. The molecule has 1 aliphatic heterocycles. The average molecular weight is 511 g/mol. The second-order valence-corrected chi connectivity index (χ2v) is 11.2. The molecule has 2 aromatic carbocycles. The Morgan fingerprint density at radius 1 is 1.28 bits per heavy atom. The third kappa shape index (κ3) is 4.79. The molecule has 0 saturated heterocycles. The highest BCUT2D eigenvalue weighted by Crippen LogP contribution is 2.47. The number of carbonyl (C=O) groups is 1. The van der Waals surface area contributed by atoms with Crippen molar-refractivity contribution in [3.63, 3.8) is 0 Å². The maximum atomic E-state index is 11.4. The van der Waals surface area contributed by atoms with Crippen molar-refractivity contribution < 1.29 is 27.4 Å². The van der Waals surface area contributed by atoms with E-state index >= 15 is 0 Å². The summed E-state index contributed by atoms with van der Waals surface area (Å²) < 4.78 is 36.2. The van der Waals surface area contributed by atoms with Crippen LogP contribution in [-0.4, -0.2) is 36.3 Å². The molecule has 1 N–H and O–H groups in total. The molecule has 0 aliphatic carbocycles. The summed E-state index contributed by atoms with van der Waals surface area (Å²) in [4.78, 5) is 14.4. The number of aromatic nitrogens is 1. The molecular formula is C21H19ClN2O5S3. The SMILES string of the molecule is CCN1C(=Cc2sc3ccc(Cl)cc3[n+]2CCCS(=O)(=O)[O-])Sc2ccc(C(=O)O)cc21. The Hall–Kier alpha value is -2.11. The predicted molar refractivity (Wildman–Crippen MR) is 126 cm³/mol. The summed E-state index contributed by atoms with van der Waals surface area (Å²) in [6, 6.07) is 10.6. The molecule has 1 aromatic heterocycles. The van der Waals surface area contributed by atoms with Crippen molar-refractivity contribution in [2.24, 2.45) is 0 Å². The van der Waals surface area contributed by atoms with Crippen molar-refractivity contribution in [3.8, 4) is 0 Å². The van der Waals surface area contributed by atoms with E-state index in [1.807, 2.05) is 35.8 Å². The van der Waals surface area contributed by atoms with E-state index in [9.17, 15) is 22.9 Å². The van der Waals surface area contributed by atoms with E-state index in [1.54, 1.807) is 41.3 Å². The molecule has 1 aliphatic rings. The maximum Gasteiger partial charge on any atom is 0.335 e. The second kappa shape index (κ2) is 9.03. The number of thioether (sulfide) groups is 1. The first-order valence-corrected chi connectivity index (χ1v) is 13.3. The minimum absolute atomic E-state index is 0.192. The molecule has 0 radical (unpaired) electrons. The summed E-state index contributed by atoms with van der Waals surface area (Å²) in [5.41, 5.74) is 1.95. The van der Waals surface area contributed by atoms with Gasteiger partial charge in [-0.3, -0.25) is 0 Å². The predicted octanol–water partition coefficient (Wildman–Crippen LogP) is 4.41. The molecule has 168 valence electrons. The molecule has 0 spiro atoms. The van der Waals surface area contributed by atoms with Gasteiger partial charge in [-0.15, -0.1) is 0 Å². The lowest BCUT2D eigenvalue weighted by atomic mass is 10.2. The highest BCUT2D eigenvalue weighted by Gasteiger charge is 2.28. The highest BCUT2D eigenvalue weighted by atomic mass is 35.5. The van der Waals surface area contributed by atoms with E-state index in [0.717, 1.165) is 30.8 Å². The Morgan fingerprint density at radius 2 is 2.06 bits per heavy atom. The van der Waals surface area contributed by atoms with Crippen LogP contribution in [0, 0.1) is 0 Å². The minimum Gasteiger partial charge on any atom is -0.748 e. The fourth-order valence-electron chi connectivity index (χ4n) is 3.59. The number of carboxylic acids is 1. The van der Waals surface area contributed by atoms with Gasteiger partial charge in [0.25, 0.3) is 5.01 Å². The van der Waals surface area contributed by atoms with Gasteiger partial charge in [0.15, 0.2) is 6.54 Å². The number of fused-ring (bicyclic) bond motifs is 2. The fourth-order valence-corrected chi connectivity index (χ4v) is 6.56. The van der Waals surface area contributed by atoms with E-state index in [1.165, 1.54) is 0 Å². The first-order chi connectivity index (χ1) is 15.2.